The predicted molar refractivity (Wildman–Crippen MR) is 126 cm³/mol. The molecule has 3 amide bonds. The normalized spacial score (nSPS) is 27.3. The first-order chi connectivity index (χ1) is 16.4. The lowest BCUT2D eigenvalue weighted by Gasteiger charge is -2.30. The van der Waals surface area contributed by atoms with Crippen molar-refractivity contribution in [3.05, 3.63) is 47.8 Å². The summed E-state index contributed by atoms with van der Waals surface area (Å²) in [6.45, 7) is 3.53. The fourth-order valence-electron chi connectivity index (χ4n) is 3.85. The number of nitrogens with one attached hydrogen (secondary N) is 3. The van der Waals surface area contributed by atoms with Crippen LogP contribution in [0.5, 0.6) is 0 Å². The van der Waals surface area contributed by atoms with E-state index in [4.69, 9.17) is 4.74 Å². The van der Waals surface area contributed by atoms with E-state index in [2.05, 4.69) is 16.0 Å². The highest BCUT2D eigenvalue weighted by molar-refractivity contribution is 5.93. The smallest absolute Gasteiger partial charge is 0.243 e. The average Bonchev–Trinajstić information content (AvgIpc) is 3.66. The molecular weight excluding hydrogens is 439 g/mol. The SMILES string of the molecule is C[C@@H]1C(=O)N[C@H](Cc2ccc(F)cc2)C(=O)NCC/C=C\COCCN[C@@H](C2CC2)C(=O)N1C. The number of amides is 3. The van der Waals surface area contributed by atoms with Crippen molar-refractivity contribution in [3.8, 4) is 0 Å². The zero-order valence-electron chi connectivity index (χ0n) is 19.9. The van der Waals surface area contributed by atoms with E-state index in [1.807, 2.05) is 12.2 Å². The molecule has 0 aromatic heterocycles. The Morgan fingerprint density at radius 3 is 2.50 bits per heavy atom. The number of nitrogens with zero attached hydrogens (tertiary/aromatic N) is 1. The van der Waals surface area contributed by atoms with E-state index in [1.165, 1.54) is 17.0 Å². The molecule has 3 rings (SSSR count). The number of halogens is 1. The molecule has 9 heteroatoms. The van der Waals surface area contributed by atoms with Crippen molar-refractivity contribution in [3.63, 3.8) is 0 Å². The van der Waals surface area contributed by atoms with E-state index in [9.17, 15) is 18.8 Å². The molecule has 1 aromatic rings. The number of rotatable bonds is 3. The van der Waals surface area contributed by atoms with Crippen LogP contribution in [-0.2, 0) is 25.5 Å². The van der Waals surface area contributed by atoms with Crippen LogP contribution in [0.3, 0.4) is 0 Å². The molecule has 1 aliphatic carbocycles. The highest BCUT2D eigenvalue weighted by atomic mass is 19.1. The summed E-state index contributed by atoms with van der Waals surface area (Å²) in [6, 6.07) is 3.84. The van der Waals surface area contributed by atoms with E-state index >= 15 is 0 Å². The van der Waals surface area contributed by atoms with E-state index in [0.29, 0.717) is 32.7 Å². The Balaban J connectivity index is 1.75. The third-order valence-electron chi connectivity index (χ3n) is 6.26. The number of likely N-dealkylation sites (N-methyl/N-ethyl adjacent to an activating group) is 1. The molecule has 1 aliphatic heterocycles. The van der Waals surface area contributed by atoms with E-state index in [-0.39, 0.29) is 36.0 Å². The zero-order chi connectivity index (χ0) is 24.5. The minimum absolute atomic E-state index is 0.148. The third kappa shape index (κ3) is 7.63. The van der Waals surface area contributed by atoms with Crippen molar-refractivity contribution in [2.75, 3.05) is 33.4 Å². The van der Waals surface area contributed by atoms with E-state index in [1.54, 1.807) is 26.1 Å². The van der Waals surface area contributed by atoms with Crippen LogP contribution in [0.2, 0.25) is 0 Å². The quantitative estimate of drug-likeness (QED) is 0.571. The number of benzene rings is 1. The highest BCUT2D eigenvalue weighted by Crippen LogP contribution is 2.33. The summed E-state index contributed by atoms with van der Waals surface area (Å²) in [6.07, 6.45) is 6.60. The Kier molecular flexibility index (Phi) is 9.59. The topological polar surface area (TPSA) is 99.8 Å². The molecule has 1 fully saturated rings. The lowest BCUT2D eigenvalue weighted by atomic mass is 10.0. The van der Waals surface area contributed by atoms with Crippen molar-refractivity contribution in [2.24, 2.45) is 5.92 Å². The van der Waals surface area contributed by atoms with Gasteiger partial charge >= 0.3 is 0 Å². The molecule has 186 valence electrons. The van der Waals surface area contributed by atoms with Gasteiger partial charge in [0.1, 0.15) is 17.9 Å². The molecule has 3 N–H and O–H groups in total. The predicted octanol–water partition coefficient (Wildman–Crippen LogP) is 1.16. The van der Waals surface area contributed by atoms with Crippen molar-refractivity contribution in [1.82, 2.24) is 20.9 Å². The van der Waals surface area contributed by atoms with Gasteiger partial charge in [-0.1, -0.05) is 24.3 Å². The van der Waals surface area contributed by atoms with Crippen LogP contribution in [0.1, 0.15) is 31.7 Å². The molecular formula is C25H35FN4O4. The van der Waals surface area contributed by atoms with Gasteiger partial charge in [-0.15, -0.1) is 0 Å². The van der Waals surface area contributed by atoms with Gasteiger partial charge in [-0.2, -0.15) is 0 Å². The summed E-state index contributed by atoms with van der Waals surface area (Å²) >= 11 is 0. The molecule has 2 aliphatic rings. The Bertz CT molecular complexity index is 872. The van der Waals surface area contributed by atoms with Crippen molar-refractivity contribution >= 4 is 17.7 Å². The zero-order valence-corrected chi connectivity index (χ0v) is 19.9. The second-order valence-electron chi connectivity index (χ2n) is 8.91. The standard InChI is InChI=1S/C25H35FN4O4/c1-17-23(31)29-21(16-18-6-10-20(26)11-7-18)24(32)28-12-4-3-5-14-34-15-13-27-22(19-8-9-19)25(33)30(17)2/h3,5-7,10-11,17,19,21-22,27H,4,8-9,12-16H2,1-2H3,(H,28,32)(H,29,31)/b5-3-/t17-,21-,22+/m1/s1. The fraction of sp³-hybridized carbons (Fsp3) is 0.560. The van der Waals surface area contributed by atoms with Gasteiger partial charge in [0.15, 0.2) is 0 Å². The Morgan fingerprint density at radius 1 is 1.06 bits per heavy atom. The summed E-state index contributed by atoms with van der Waals surface area (Å²) in [4.78, 5) is 40.5. The summed E-state index contributed by atoms with van der Waals surface area (Å²) in [5.41, 5.74) is 0.719. The number of carbonyl (C=O) groups excluding carboxylic acids is 3. The van der Waals surface area contributed by atoms with Crippen LogP contribution < -0.4 is 16.0 Å². The number of carbonyl (C=O) groups is 3. The van der Waals surface area contributed by atoms with Crippen molar-refractivity contribution in [1.29, 1.82) is 0 Å². The molecule has 1 heterocycles. The molecule has 1 aromatic carbocycles. The lowest BCUT2D eigenvalue weighted by molar-refractivity contribution is -0.141. The van der Waals surface area contributed by atoms with Crippen LogP contribution in [0.15, 0.2) is 36.4 Å². The lowest BCUT2D eigenvalue weighted by Crippen LogP contribution is -2.56. The minimum Gasteiger partial charge on any atom is -0.376 e. The molecule has 0 unspecified atom stereocenters. The van der Waals surface area contributed by atoms with Crippen molar-refractivity contribution in [2.45, 2.75) is 50.7 Å². The van der Waals surface area contributed by atoms with E-state index in [0.717, 1.165) is 18.4 Å². The second kappa shape index (κ2) is 12.6. The van der Waals surface area contributed by atoms with Gasteiger partial charge in [0.05, 0.1) is 19.3 Å². The Hall–Kier alpha value is -2.78. The minimum atomic E-state index is -0.854. The Morgan fingerprint density at radius 2 is 1.79 bits per heavy atom. The average molecular weight is 475 g/mol. The largest absolute Gasteiger partial charge is 0.376 e. The first kappa shape index (κ1) is 25.8. The van der Waals surface area contributed by atoms with Crippen LogP contribution in [0.4, 0.5) is 4.39 Å². The van der Waals surface area contributed by atoms with Crippen LogP contribution in [0.25, 0.3) is 0 Å². The molecule has 3 atom stereocenters. The fourth-order valence-corrected chi connectivity index (χ4v) is 3.85. The maximum atomic E-state index is 13.3. The van der Waals surface area contributed by atoms with Gasteiger partial charge in [0, 0.05) is 26.6 Å². The molecule has 0 bridgehead atoms. The van der Waals surface area contributed by atoms with Gasteiger partial charge in [0.25, 0.3) is 0 Å². The Labute approximate surface area is 200 Å². The molecule has 8 nitrogen and oxygen atoms in total. The summed E-state index contributed by atoms with van der Waals surface area (Å²) < 4.78 is 18.9. The summed E-state index contributed by atoms with van der Waals surface area (Å²) in [5, 5.41) is 8.93. The summed E-state index contributed by atoms with van der Waals surface area (Å²) in [7, 11) is 1.61. The number of hydrogen-bond acceptors (Lipinski definition) is 5. The molecule has 0 radical (unpaired) electrons. The maximum absolute atomic E-state index is 13.3. The maximum Gasteiger partial charge on any atom is 0.243 e. The van der Waals surface area contributed by atoms with Gasteiger partial charge in [-0.3, -0.25) is 14.4 Å². The van der Waals surface area contributed by atoms with Gasteiger partial charge < -0.3 is 25.6 Å². The number of ether oxygens (including phenoxy) is 1. The van der Waals surface area contributed by atoms with Crippen LogP contribution >= 0.6 is 0 Å². The first-order valence-electron chi connectivity index (χ1n) is 11.9. The molecule has 0 spiro atoms. The second-order valence-corrected chi connectivity index (χ2v) is 8.91. The van der Waals surface area contributed by atoms with Crippen LogP contribution in [-0.4, -0.2) is 74.1 Å². The molecule has 0 saturated heterocycles. The van der Waals surface area contributed by atoms with Gasteiger partial charge in [-0.25, -0.2) is 4.39 Å². The number of hydrogen-bond donors (Lipinski definition) is 3. The molecule has 1 saturated carbocycles. The van der Waals surface area contributed by atoms with Gasteiger partial charge in [-0.05, 0) is 49.8 Å². The highest BCUT2D eigenvalue weighted by Gasteiger charge is 2.39. The third-order valence-corrected chi connectivity index (χ3v) is 6.26. The summed E-state index contributed by atoms with van der Waals surface area (Å²) in [5.74, 6) is -1.01. The molecule has 34 heavy (non-hydrogen) atoms. The van der Waals surface area contributed by atoms with Crippen molar-refractivity contribution < 1.29 is 23.5 Å². The van der Waals surface area contributed by atoms with Gasteiger partial charge in [0.2, 0.25) is 17.7 Å². The van der Waals surface area contributed by atoms with Crippen LogP contribution in [0, 0.1) is 11.7 Å². The monoisotopic (exact) mass is 474 g/mol. The van der Waals surface area contributed by atoms with E-state index < -0.39 is 18.0 Å². The first-order valence-corrected chi connectivity index (χ1v) is 11.9.